The number of rotatable bonds is 2. The summed E-state index contributed by atoms with van der Waals surface area (Å²) in [6.45, 7) is 0. The quantitative estimate of drug-likeness (QED) is 0.649. The predicted molar refractivity (Wildman–Crippen MR) is 79.7 cm³/mol. The summed E-state index contributed by atoms with van der Waals surface area (Å²) in [5, 5.41) is 9.18. The van der Waals surface area contributed by atoms with Crippen molar-refractivity contribution < 1.29 is 8.78 Å². The van der Waals surface area contributed by atoms with Gasteiger partial charge in [-0.15, -0.1) is 0 Å². The molecule has 0 radical (unpaired) electrons. The third kappa shape index (κ3) is 2.57. The van der Waals surface area contributed by atoms with Crippen LogP contribution < -0.4 is 0 Å². The number of halogens is 2. The molecular formula is C18H10F2N2. The van der Waals surface area contributed by atoms with Gasteiger partial charge in [-0.25, -0.2) is 9.37 Å². The molecule has 106 valence electrons. The summed E-state index contributed by atoms with van der Waals surface area (Å²) in [6.07, 6.45) is 0. The minimum absolute atomic E-state index is 0.0999. The van der Waals surface area contributed by atoms with E-state index in [1.807, 2.05) is 24.3 Å². The smallest absolute Gasteiger partial charge is 0.219 e. The van der Waals surface area contributed by atoms with Crippen LogP contribution >= 0.6 is 0 Å². The van der Waals surface area contributed by atoms with Crippen molar-refractivity contribution in [1.82, 2.24) is 4.98 Å². The van der Waals surface area contributed by atoms with Gasteiger partial charge in [-0.3, -0.25) is 0 Å². The molecular weight excluding hydrogens is 282 g/mol. The number of nitriles is 1. The topological polar surface area (TPSA) is 36.7 Å². The Kier molecular flexibility index (Phi) is 3.63. The zero-order chi connectivity index (χ0) is 15.5. The lowest BCUT2D eigenvalue weighted by Crippen LogP contribution is -1.97. The van der Waals surface area contributed by atoms with Gasteiger partial charge in [0.2, 0.25) is 5.95 Å². The van der Waals surface area contributed by atoms with Gasteiger partial charge in [-0.1, -0.05) is 30.3 Å². The fourth-order valence-electron chi connectivity index (χ4n) is 2.23. The Morgan fingerprint density at radius 2 is 1.55 bits per heavy atom. The summed E-state index contributed by atoms with van der Waals surface area (Å²) in [4.78, 5) is 3.82. The van der Waals surface area contributed by atoms with Crippen LogP contribution in [-0.2, 0) is 0 Å². The second-order valence-corrected chi connectivity index (χ2v) is 4.71. The summed E-state index contributed by atoms with van der Waals surface area (Å²) >= 11 is 0. The van der Waals surface area contributed by atoms with Crippen LogP contribution in [0.15, 0.2) is 60.7 Å². The average Bonchev–Trinajstić information content (AvgIpc) is 2.55. The van der Waals surface area contributed by atoms with Crippen LogP contribution in [0.2, 0.25) is 0 Å². The van der Waals surface area contributed by atoms with Gasteiger partial charge in [0.15, 0.2) is 0 Å². The van der Waals surface area contributed by atoms with Gasteiger partial charge in [-0.05, 0) is 35.9 Å². The molecule has 3 aromatic rings. The molecule has 0 aliphatic rings. The Bertz CT molecular complexity index is 851. The van der Waals surface area contributed by atoms with Crippen LogP contribution in [-0.4, -0.2) is 4.98 Å². The van der Waals surface area contributed by atoms with E-state index < -0.39 is 5.95 Å². The maximum Gasteiger partial charge on any atom is 0.232 e. The lowest BCUT2D eigenvalue weighted by Gasteiger charge is -2.08. The Morgan fingerprint density at radius 1 is 0.864 bits per heavy atom. The molecule has 0 bridgehead atoms. The standard InChI is InChI=1S/C18H10F2N2/c19-14-8-6-13(7-9-14)17-10-15(12-4-2-1-3-5-12)16(11-21)18(20)22-17/h1-10H. The van der Waals surface area contributed by atoms with Crippen LogP contribution in [0.1, 0.15) is 5.56 Å². The molecule has 0 aliphatic heterocycles. The molecule has 3 rings (SSSR count). The molecule has 0 spiro atoms. The third-order valence-corrected chi connectivity index (χ3v) is 3.31. The highest BCUT2D eigenvalue weighted by Crippen LogP contribution is 2.29. The first-order chi connectivity index (χ1) is 10.7. The van der Waals surface area contributed by atoms with Gasteiger partial charge < -0.3 is 0 Å². The number of pyridine rings is 1. The van der Waals surface area contributed by atoms with Crippen molar-refractivity contribution in [2.45, 2.75) is 0 Å². The largest absolute Gasteiger partial charge is 0.232 e. The summed E-state index contributed by atoms with van der Waals surface area (Å²) in [5.41, 5.74) is 2.04. The van der Waals surface area contributed by atoms with Crippen molar-refractivity contribution in [1.29, 1.82) is 5.26 Å². The van der Waals surface area contributed by atoms with Crippen molar-refractivity contribution in [3.63, 3.8) is 0 Å². The number of hydrogen-bond acceptors (Lipinski definition) is 2. The van der Waals surface area contributed by atoms with E-state index in [1.54, 1.807) is 18.2 Å². The van der Waals surface area contributed by atoms with Crippen molar-refractivity contribution in [2.75, 3.05) is 0 Å². The fraction of sp³-hybridized carbons (Fsp3) is 0. The Morgan fingerprint density at radius 3 is 2.18 bits per heavy atom. The van der Waals surface area contributed by atoms with Crippen LogP contribution in [0, 0.1) is 23.1 Å². The molecule has 4 heteroatoms. The monoisotopic (exact) mass is 292 g/mol. The number of aromatic nitrogens is 1. The minimum Gasteiger partial charge on any atom is -0.219 e. The molecule has 0 atom stereocenters. The van der Waals surface area contributed by atoms with Gasteiger partial charge in [-0.2, -0.15) is 9.65 Å². The molecule has 0 aliphatic carbocycles. The average molecular weight is 292 g/mol. The molecule has 0 fully saturated rings. The Hall–Kier alpha value is -3.06. The molecule has 0 amide bonds. The molecule has 1 aromatic heterocycles. The van der Waals surface area contributed by atoms with E-state index in [0.717, 1.165) is 5.56 Å². The zero-order valence-corrected chi connectivity index (χ0v) is 11.4. The van der Waals surface area contributed by atoms with Crippen molar-refractivity contribution in [2.24, 2.45) is 0 Å². The van der Waals surface area contributed by atoms with Crippen LogP contribution in [0.3, 0.4) is 0 Å². The van der Waals surface area contributed by atoms with Gasteiger partial charge >= 0.3 is 0 Å². The highest BCUT2D eigenvalue weighted by Gasteiger charge is 2.14. The molecule has 0 saturated carbocycles. The minimum atomic E-state index is -0.830. The Balaban J connectivity index is 2.21. The summed E-state index contributed by atoms with van der Waals surface area (Å²) in [5.74, 6) is -1.20. The fourth-order valence-corrected chi connectivity index (χ4v) is 2.23. The molecule has 2 nitrogen and oxygen atoms in total. The third-order valence-electron chi connectivity index (χ3n) is 3.31. The van der Waals surface area contributed by atoms with Crippen molar-refractivity contribution >= 4 is 0 Å². The summed E-state index contributed by atoms with van der Waals surface area (Å²) in [6, 6.07) is 18.2. The van der Waals surface area contributed by atoms with E-state index in [9.17, 15) is 14.0 Å². The second kappa shape index (κ2) is 5.74. The maximum absolute atomic E-state index is 14.2. The SMILES string of the molecule is N#Cc1c(-c2ccccc2)cc(-c2ccc(F)cc2)nc1F. The highest BCUT2D eigenvalue weighted by atomic mass is 19.1. The molecule has 2 aromatic carbocycles. The van der Waals surface area contributed by atoms with E-state index in [4.69, 9.17) is 0 Å². The molecule has 0 saturated heterocycles. The summed E-state index contributed by atoms with van der Waals surface area (Å²) < 4.78 is 27.2. The molecule has 0 unspecified atom stereocenters. The lowest BCUT2D eigenvalue weighted by atomic mass is 9.99. The van der Waals surface area contributed by atoms with Gasteiger partial charge in [0.25, 0.3) is 0 Å². The van der Waals surface area contributed by atoms with Gasteiger partial charge in [0.1, 0.15) is 17.4 Å². The number of nitrogens with zero attached hydrogens (tertiary/aromatic N) is 2. The van der Waals surface area contributed by atoms with E-state index in [0.29, 0.717) is 16.8 Å². The highest BCUT2D eigenvalue weighted by molar-refractivity contribution is 5.75. The predicted octanol–water partition coefficient (Wildman–Crippen LogP) is 4.57. The van der Waals surface area contributed by atoms with Crippen molar-refractivity contribution in [3.05, 3.63) is 78.0 Å². The van der Waals surface area contributed by atoms with Gasteiger partial charge in [0, 0.05) is 11.1 Å². The number of hydrogen-bond donors (Lipinski definition) is 0. The van der Waals surface area contributed by atoms with Crippen LogP contribution in [0.4, 0.5) is 8.78 Å². The zero-order valence-electron chi connectivity index (χ0n) is 11.4. The lowest BCUT2D eigenvalue weighted by molar-refractivity contribution is 0.582. The van der Waals surface area contributed by atoms with E-state index >= 15 is 0 Å². The van der Waals surface area contributed by atoms with E-state index in [1.165, 1.54) is 24.3 Å². The Labute approximate surface area is 126 Å². The van der Waals surface area contributed by atoms with Crippen LogP contribution in [0.25, 0.3) is 22.4 Å². The maximum atomic E-state index is 14.2. The van der Waals surface area contributed by atoms with Gasteiger partial charge in [0.05, 0.1) is 5.69 Å². The first kappa shape index (κ1) is 13.9. The second-order valence-electron chi connectivity index (χ2n) is 4.71. The molecule has 0 N–H and O–H groups in total. The van der Waals surface area contributed by atoms with E-state index in [-0.39, 0.29) is 11.4 Å². The molecule has 1 heterocycles. The normalized spacial score (nSPS) is 10.2. The first-order valence-electron chi connectivity index (χ1n) is 6.61. The van der Waals surface area contributed by atoms with E-state index in [2.05, 4.69) is 4.98 Å². The molecule has 22 heavy (non-hydrogen) atoms. The summed E-state index contributed by atoms with van der Waals surface area (Å²) in [7, 11) is 0. The van der Waals surface area contributed by atoms with Crippen molar-refractivity contribution in [3.8, 4) is 28.5 Å². The number of benzene rings is 2. The van der Waals surface area contributed by atoms with Crippen LogP contribution in [0.5, 0.6) is 0 Å². The first-order valence-corrected chi connectivity index (χ1v) is 6.61.